The highest BCUT2D eigenvalue weighted by Gasteiger charge is 2.61. The van der Waals surface area contributed by atoms with Gasteiger partial charge in [0.05, 0.1) is 5.25 Å². The van der Waals surface area contributed by atoms with Crippen molar-refractivity contribution in [3.8, 4) is 0 Å². The quantitative estimate of drug-likeness (QED) is 0.618. The molecule has 0 aromatic rings. The first kappa shape index (κ1) is 22.8. The highest BCUT2D eigenvalue weighted by Crippen LogP contribution is 2.45. The van der Waals surface area contributed by atoms with Crippen molar-refractivity contribution < 1.29 is 22.8 Å². The number of carbonyl (C=O) groups is 3. The first-order valence-corrected chi connectivity index (χ1v) is 12.7. The molecular weight excluding hydrogens is 406 g/mol. The summed E-state index contributed by atoms with van der Waals surface area (Å²) < 4.78 is 26.7. The minimum absolute atomic E-state index is 0.244. The standard InChI is InChI=1S/C21H33N3O5S/c1-2-3-14-24-18(25)11-9-7-5-4-6-8-10-16-15-21(16,22-20(24)27)19(26)23-30(28,29)17-12-13-17/h8,10,16-17H,2-7,9,11-15H2,1H3,(H,22,27)(H,23,26)/b10-8-. The molecule has 2 atom stereocenters. The van der Waals surface area contributed by atoms with Crippen LogP contribution in [0.15, 0.2) is 12.2 Å². The molecule has 168 valence electrons. The second kappa shape index (κ2) is 9.49. The van der Waals surface area contributed by atoms with Crippen LogP contribution in [-0.4, -0.2) is 48.5 Å². The largest absolute Gasteiger partial charge is 0.324 e. The van der Waals surface area contributed by atoms with Crippen LogP contribution in [0.1, 0.15) is 77.6 Å². The predicted octanol–water partition coefficient (Wildman–Crippen LogP) is 2.60. The van der Waals surface area contributed by atoms with Crippen LogP contribution in [0, 0.1) is 5.92 Å². The van der Waals surface area contributed by atoms with Crippen molar-refractivity contribution in [3.63, 3.8) is 0 Å². The van der Waals surface area contributed by atoms with Crippen LogP contribution in [0.2, 0.25) is 0 Å². The van der Waals surface area contributed by atoms with Crippen LogP contribution in [0.25, 0.3) is 0 Å². The van der Waals surface area contributed by atoms with Gasteiger partial charge in [-0.2, -0.15) is 0 Å². The van der Waals surface area contributed by atoms with E-state index in [4.69, 9.17) is 0 Å². The zero-order valence-corrected chi connectivity index (χ0v) is 18.5. The molecule has 2 saturated carbocycles. The Morgan fingerprint density at radius 3 is 2.67 bits per heavy atom. The second-order valence-electron chi connectivity index (χ2n) is 8.67. The van der Waals surface area contributed by atoms with Gasteiger partial charge in [0.1, 0.15) is 5.54 Å². The smallest absolute Gasteiger partial charge is 0.322 e. The van der Waals surface area contributed by atoms with Crippen molar-refractivity contribution >= 4 is 27.9 Å². The molecule has 3 aliphatic rings. The lowest BCUT2D eigenvalue weighted by atomic mass is 10.1. The maximum Gasteiger partial charge on any atom is 0.324 e. The van der Waals surface area contributed by atoms with Gasteiger partial charge in [-0.05, 0) is 44.9 Å². The Balaban J connectivity index is 1.80. The molecule has 0 saturated heterocycles. The van der Waals surface area contributed by atoms with Crippen molar-refractivity contribution in [2.45, 2.75) is 88.3 Å². The molecule has 0 bridgehead atoms. The minimum Gasteiger partial charge on any atom is -0.322 e. The van der Waals surface area contributed by atoms with E-state index in [-0.39, 0.29) is 11.8 Å². The number of nitrogens with zero attached hydrogens (tertiary/aromatic N) is 1. The third kappa shape index (κ3) is 5.42. The van der Waals surface area contributed by atoms with Gasteiger partial charge in [-0.3, -0.25) is 19.2 Å². The van der Waals surface area contributed by atoms with Crippen LogP contribution < -0.4 is 10.0 Å². The van der Waals surface area contributed by atoms with Gasteiger partial charge in [-0.25, -0.2) is 13.2 Å². The number of nitrogens with one attached hydrogen (secondary N) is 2. The number of hydrogen-bond acceptors (Lipinski definition) is 5. The second-order valence-corrected chi connectivity index (χ2v) is 10.6. The molecule has 0 aromatic carbocycles. The summed E-state index contributed by atoms with van der Waals surface area (Å²) in [5.41, 5.74) is -1.32. The molecule has 0 spiro atoms. The van der Waals surface area contributed by atoms with E-state index < -0.39 is 32.8 Å². The van der Waals surface area contributed by atoms with E-state index >= 15 is 0 Å². The average molecular weight is 440 g/mol. The topological polar surface area (TPSA) is 113 Å². The maximum atomic E-state index is 13.0. The van der Waals surface area contributed by atoms with Gasteiger partial charge in [0.25, 0.3) is 5.91 Å². The lowest BCUT2D eigenvalue weighted by Crippen LogP contribution is -2.56. The van der Waals surface area contributed by atoms with Gasteiger partial charge in [-0.1, -0.05) is 38.3 Å². The SMILES string of the molecule is CCCCN1C(=O)CCCCCC/C=C\C2CC2(C(=O)NS(=O)(=O)C2CC2)NC1=O. The van der Waals surface area contributed by atoms with E-state index in [0.29, 0.717) is 38.6 Å². The molecule has 2 unspecified atom stereocenters. The summed E-state index contributed by atoms with van der Waals surface area (Å²) in [6, 6.07) is -0.611. The summed E-state index contributed by atoms with van der Waals surface area (Å²) >= 11 is 0. The molecule has 2 aliphatic carbocycles. The van der Waals surface area contributed by atoms with Gasteiger partial charge < -0.3 is 5.32 Å². The summed E-state index contributed by atoms with van der Waals surface area (Å²) in [5.74, 6) is -1.22. The van der Waals surface area contributed by atoms with Gasteiger partial charge in [0.15, 0.2) is 0 Å². The molecule has 3 rings (SSSR count). The van der Waals surface area contributed by atoms with Crippen LogP contribution in [-0.2, 0) is 19.6 Å². The highest BCUT2D eigenvalue weighted by atomic mass is 32.2. The lowest BCUT2D eigenvalue weighted by molar-refractivity contribution is -0.129. The molecule has 30 heavy (non-hydrogen) atoms. The number of hydrogen-bond donors (Lipinski definition) is 2. The Morgan fingerprint density at radius 1 is 1.23 bits per heavy atom. The number of carbonyl (C=O) groups excluding carboxylic acids is 3. The molecule has 0 aromatic heterocycles. The third-order valence-corrected chi connectivity index (χ3v) is 7.93. The van der Waals surface area contributed by atoms with Gasteiger partial charge in [0, 0.05) is 18.9 Å². The molecule has 9 heteroatoms. The summed E-state index contributed by atoms with van der Waals surface area (Å²) in [7, 11) is -3.72. The van der Waals surface area contributed by atoms with Crippen LogP contribution in [0.5, 0.6) is 0 Å². The number of imide groups is 1. The summed E-state index contributed by atoms with van der Waals surface area (Å²) in [5, 5.41) is 2.21. The van der Waals surface area contributed by atoms with Crippen molar-refractivity contribution in [1.82, 2.24) is 14.9 Å². The van der Waals surface area contributed by atoms with Gasteiger partial charge in [-0.15, -0.1) is 0 Å². The molecule has 1 heterocycles. The Morgan fingerprint density at radius 2 is 1.97 bits per heavy atom. The predicted molar refractivity (Wildman–Crippen MR) is 113 cm³/mol. The van der Waals surface area contributed by atoms with Crippen molar-refractivity contribution in [3.05, 3.63) is 12.2 Å². The Hall–Kier alpha value is -1.90. The molecule has 2 N–H and O–H groups in total. The molecule has 0 radical (unpaired) electrons. The fraction of sp³-hybridized carbons (Fsp3) is 0.762. The number of allylic oxidation sites excluding steroid dienone is 1. The molecule has 2 fully saturated rings. The summed E-state index contributed by atoms with van der Waals surface area (Å²) in [4.78, 5) is 39.8. The zero-order valence-electron chi connectivity index (χ0n) is 17.7. The molecule has 1 aliphatic heterocycles. The Labute approximate surface area is 178 Å². The number of sulfonamides is 1. The monoisotopic (exact) mass is 439 g/mol. The van der Waals surface area contributed by atoms with Crippen LogP contribution >= 0.6 is 0 Å². The van der Waals surface area contributed by atoms with Crippen molar-refractivity contribution in [2.24, 2.45) is 5.92 Å². The number of rotatable bonds is 6. The number of fused-ring (bicyclic) bond motifs is 1. The minimum atomic E-state index is -3.72. The van der Waals surface area contributed by atoms with E-state index in [1.807, 2.05) is 19.1 Å². The third-order valence-electron chi connectivity index (χ3n) is 6.11. The first-order chi connectivity index (χ1) is 14.3. The van der Waals surface area contributed by atoms with Crippen LogP contribution in [0.4, 0.5) is 4.79 Å². The van der Waals surface area contributed by atoms with E-state index in [2.05, 4.69) is 10.0 Å². The average Bonchev–Trinajstić information content (AvgIpc) is 3.58. The summed E-state index contributed by atoms with van der Waals surface area (Å²) in [6.45, 7) is 2.27. The zero-order chi connectivity index (χ0) is 21.8. The van der Waals surface area contributed by atoms with E-state index in [0.717, 1.165) is 38.5 Å². The number of amides is 4. The summed E-state index contributed by atoms with van der Waals surface area (Å²) in [6.07, 6.45) is 11.7. The fourth-order valence-electron chi connectivity index (χ4n) is 3.87. The Bertz CT molecular complexity index is 805. The van der Waals surface area contributed by atoms with Crippen LogP contribution in [0.3, 0.4) is 0 Å². The fourth-order valence-corrected chi connectivity index (χ4v) is 5.23. The lowest BCUT2D eigenvalue weighted by Gasteiger charge is -2.25. The van der Waals surface area contributed by atoms with Crippen molar-refractivity contribution in [1.29, 1.82) is 0 Å². The van der Waals surface area contributed by atoms with Gasteiger partial charge >= 0.3 is 6.03 Å². The number of unbranched alkanes of at least 4 members (excludes halogenated alkanes) is 1. The van der Waals surface area contributed by atoms with Crippen molar-refractivity contribution in [2.75, 3.05) is 6.54 Å². The van der Waals surface area contributed by atoms with E-state index in [1.165, 1.54) is 4.90 Å². The molecule has 4 amide bonds. The first-order valence-electron chi connectivity index (χ1n) is 11.2. The normalized spacial score (nSPS) is 29.4. The molecule has 8 nitrogen and oxygen atoms in total. The molecular formula is C21H33N3O5S. The van der Waals surface area contributed by atoms with E-state index in [9.17, 15) is 22.8 Å². The maximum absolute atomic E-state index is 13.0. The highest BCUT2D eigenvalue weighted by molar-refractivity contribution is 7.91. The van der Waals surface area contributed by atoms with Gasteiger partial charge in [0.2, 0.25) is 15.9 Å². The number of urea groups is 1. The van der Waals surface area contributed by atoms with E-state index in [1.54, 1.807) is 0 Å². The Kier molecular flexibility index (Phi) is 7.21.